The number of halogens is 1. The van der Waals surface area contributed by atoms with Gasteiger partial charge in [0.25, 0.3) is 0 Å². The zero-order valence-corrected chi connectivity index (χ0v) is 14.0. The Labute approximate surface area is 144 Å². The van der Waals surface area contributed by atoms with Gasteiger partial charge in [-0.2, -0.15) is 0 Å². The summed E-state index contributed by atoms with van der Waals surface area (Å²) < 4.78 is 2.30. The first-order chi connectivity index (χ1) is 11.3. The maximum absolute atomic E-state index is 6.00. The lowest BCUT2D eigenvalue weighted by Gasteiger charge is -2.09. The van der Waals surface area contributed by atoms with Crippen LogP contribution in [0.4, 0.5) is 0 Å². The summed E-state index contributed by atoms with van der Waals surface area (Å²) in [4.78, 5) is 6.18. The van der Waals surface area contributed by atoms with Crippen LogP contribution in [0.25, 0.3) is 11.0 Å². The Morgan fingerprint density at radius 3 is 2.57 bits per heavy atom. The van der Waals surface area contributed by atoms with E-state index in [4.69, 9.17) is 16.6 Å². The third-order valence-electron chi connectivity index (χ3n) is 3.90. The van der Waals surface area contributed by atoms with Crippen LogP contribution in [0.3, 0.4) is 0 Å². The minimum atomic E-state index is 0.767. The van der Waals surface area contributed by atoms with Gasteiger partial charge in [0, 0.05) is 22.9 Å². The van der Waals surface area contributed by atoms with E-state index in [-0.39, 0.29) is 0 Å². The summed E-state index contributed by atoms with van der Waals surface area (Å²) >= 11 is 7.77. The second kappa shape index (κ2) is 6.19. The first kappa shape index (κ1) is 14.5. The van der Waals surface area contributed by atoms with Gasteiger partial charge in [0.05, 0.1) is 11.0 Å². The summed E-state index contributed by atoms with van der Waals surface area (Å²) in [5, 5.41) is 2.88. The SMILES string of the molecule is Clc1ccc(Cn2c(Cc3cccs3)nc3ccccc32)cc1. The van der Waals surface area contributed by atoms with Crippen LogP contribution in [-0.2, 0) is 13.0 Å². The molecule has 0 unspecified atom stereocenters. The third-order valence-corrected chi connectivity index (χ3v) is 5.03. The number of fused-ring (bicyclic) bond motifs is 1. The molecule has 0 aliphatic rings. The highest BCUT2D eigenvalue weighted by molar-refractivity contribution is 7.09. The number of imidazole rings is 1. The molecule has 0 saturated carbocycles. The van der Waals surface area contributed by atoms with Crippen molar-refractivity contribution in [2.24, 2.45) is 0 Å². The van der Waals surface area contributed by atoms with Crippen LogP contribution in [0.5, 0.6) is 0 Å². The minimum absolute atomic E-state index is 0.767. The van der Waals surface area contributed by atoms with Crippen LogP contribution in [-0.4, -0.2) is 9.55 Å². The largest absolute Gasteiger partial charge is 0.323 e. The van der Waals surface area contributed by atoms with E-state index in [1.165, 1.54) is 16.0 Å². The number of nitrogens with zero attached hydrogens (tertiary/aromatic N) is 2. The predicted octanol–water partition coefficient (Wildman–Crippen LogP) is 5.39. The number of rotatable bonds is 4. The smallest absolute Gasteiger partial charge is 0.115 e. The summed E-state index contributed by atoms with van der Waals surface area (Å²) in [5.74, 6) is 1.10. The van der Waals surface area contributed by atoms with Crippen LogP contribution >= 0.6 is 22.9 Å². The summed E-state index contributed by atoms with van der Waals surface area (Å²) in [6, 6.07) is 20.6. The average molecular weight is 339 g/mol. The molecule has 4 rings (SSSR count). The predicted molar refractivity (Wildman–Crippen MR) is 97.4 cm³/mol. The molecular weight excluding hydrogens is 324 g/mol. The van der Waals surface area contributed by atoms with Crippen molar-refractivity contribution >= 4 is 34.0 Å². The highest BCUT2D eigenvalue weighted by atomic mass is 35.5. The number of para-hydroxylation sites is 2. The molecule has 0 fully saturated rings. The van der Waals surface area contributed by atoms with Gasteiger partial charge in [0.15, 0.2) is 0 Å². The highest BCUT2D eigenvalue weighted by Gasteiger charge is 2.12. The first-order valence-electron chi connectivity index (χ1n) is 7.50. The summed E-state index contributed by atoms with van der Waals surface area (Å²) in [5.41, 5.74) is 3.45. The van der Waals surface area contributed by atoms with E-state index in [2.05, 4.69) is 52.4 Å². The molecular formula is C19H15ClN2S. The topological polar surface area (TPSA) is 17.8 Å². The number of hydrogen-bond donors (Lipinski definition) is 0. The molecule has 0 aliphatic heterocycles. The lowest BCUT2D eigenvalue weighted by molar-refractivity contribution is 0.765. The molecule has 0 saturated heterocycles. The number of thiophene rings is 1. The molecule has 0 radical (unpaired) electrons. The van der Waals surface area contributed by atoms with Gasteiger partial charge in [-0.15, -0.1) is 11.3 Å². The fourth-order valence-corrected chi connectivity index (χ4v) is 3.61. The Kier molecular flexibility index (Phi) is 3.90. The summed E-state index contributed by atoms with van der Waals surface area (Å²) in [7, 11) is 0. The number of hydrogen-bond acceptors (Lipinski definition) is 2. The van der Waals surface area contributed by atoms with Gasteiger partial charge >= 0.3 is 0 Å². The summed E-state index contributed by atoms with van der Waals surface area (Å²) in [6.07, 6.45) is 0.861. The van der Waals surface area contributed by atoms with Gasteiger partial charge in [0.2, 0.25) is 0 Å². The van der Waals surface area contributed by atoms with Crippen molar-refractivity contribution in [1.29, 1.82) is 0 Å². The Balaban J connectivity index is 1.77. The van der Waals surface area contributed by atoms with Crippen molar-refractivity contribution in [3.63, 3.8) is 0 Å². The highest BCUT2D eigenvalue weighted by Crippen LogP contribution is 2.22. The number of benzene rings is 2. The second-order valence-corrected chi connectivity index (χ2v) is 6.95. The second-order valence-electron chi connectivity index (χ2n) is 5.49. The van der Waals surface area contributed by atoms with E-state index in [1.807, 2.05) is 18.2 Å². The molecule has 0 atom stereocenters. The van der Waals surface area contributed by atoms with Crippen LogP contribution in [0.1, 0.15) is 16.3 Å². The molecule has 4 heteroatoms. The van der Waals surface area contributed by atoms with Gasteiger partial charge in [-0.3, -0.25) is 0 Å². The van der Waals surface area contributed by atoms with Crippen molar-refractivity contribution in [2.45, 2.75) is 13.0 Å². The molecule has 0 aliphatic carbocycles. The summed E-state index contributed by atoms with van der Waals surface area (Å²) in [6.45, 7) is 0.804. The van der Waals surface area contributed by atoms with Gasteiger partial charge in [0.1, 0.15) is 5.82 Å². The molecule has 2 aromatic carbocycles. The van der Waals surface area contributed by atoms with Crippen LogP contribution < -0.4 is 0 Å². The molecule has 2 aromatic heterocycles. The van der Waals surface area contributed by atoms with Crippen molar-refractivity contribution in [2.75, 3.05) is 0 Å². The standard InChI is InChI=1S/C19H15ClN2S/c20-15-9-7-14(8-10-15)13-22-18-6-2-1-5-17(18)21-19(22)12-16-4-3-11-23-16/h1-11H,12-13H2. The van der Waals surface area contributed by atoms with Crippen molar-refractivity contribution < 1.29 is 0 Å². The fraction of sp³-hybridized carbons (Fsp3) is 0.105. The van der Waals surface area contributed by atoms with Gasteiger partial charge in [-0.1, -0.05) is 41.9 Å². The molecule has 0 N–H and O–H groups in total. The Hall–Kier alpha value is -2.10. The zero-order valence-electron chi connectivity index (χ0n) is 12.4. The molecule has 23 heavy (non-hydrogen) atoms. The third kappa shape index (κ3) is 3.03. The van der Waals surface area contributed by atoms with E-state index in [1.54, 1.807) is 11.3 Å². The van der Waals surface area contributed by atoms with Crippen molar-refractivity contribution in [3.8, 4) is 0 Å². The van der Waals surface area contributed by atoms with Crippen LogP contribution in [0, 0.1) is 0 Å². The minimum Gasteiger partial charge on any atom is -0.323 e. The first-order valence-corrected chi connectivity index (χ1v) is 8.76. The maximum Gasteiger partial charge on any atom is 0.115 e. The molecule has 0 bridgehead atoms. The monoisotopic (exact) mass is 338 g/mol. The number of aromatic nitrogens is 2. The van der Waals surface area contributed by atoms with E-state index in [0.29, 0.717) is 0 Å². The molecule has 114 valence electrons. The maximum atomic E-state index is 6.00. The van der Waals surface area contributed by atoms with Gasteiger partial charge in [-0.05, 0) is 41.3 Å². The van der Waals surface area contributed by atoms with E-state index >= 15 is 0 Å². The molecule has 0 amide bonds. The van der Waals surface area contributed by atoms with Crippen molar-refractivity contribution in [3.05, 3.63) is 87.3 Å². The Bertz CT molecular complexity index is 924. The molecule has 0 spiro atoms. The quantitative estimate of drug-likeness (QED) is 0.487. The van der Waals surface area contributed by atoms with Crippen LogP contribution in [0.2, 0.25) is 5.02 Å². The zero-order chi connectivity index (χ0) is 15.6. The lowest BCUT2D eigenvalue weighted by atomic mass is 10.2. The molecule has 2 nitrogen and oxygen atoms in total. The van der Waals surface area contributed by atoms with E-state index < -0.39 is 0 Å². The van der Waals surface area contributed by atoms with Crippen LogP contribution in [0.15, 0.2) is 66.0 Å². The van der Waals surface area contributed by atoms with E-state index in [9.17, 15) is 0 Å². The Morgan fingerprint density at radius 2 is 1.78 bits per heavy atom. The molecule has 4 aromatic rings. The Morgan fingerprint density at radius 1 is 0.957 bits per heavy atom. The normalized spacial score (nSPS) is 11.2. The fourth-order valence-electron chi connectivity index (χ4n) is 2.78. The average Bonchev–Trinajstić information content (AvgIpc) is 3.19. The lowest BCUT2D eigenvalue weighted by Crippen LogP contribution is -2.05. The van der Waals surface area contributed by atoms with Gasteiger partial charge < -0.3 is 4.57 Å². The van der Waals surface area contributed by atoms with Gasteiger partial charge in [-0.25, -0.2) is 4.98 Å². The van der Waals surface area contributed by atoms with E-state index in [0.717, 1.165) is 29.3 Å². The molecule has 2 heterocycles. The van der Waals surface area contributed by atoms with Crippen molar-refractivity contribution in [1.82, 2.24) is 9.55 Å².